The maximum atomic E-state index is 9.95. The largest absolute Gasteiger partial charge is 0.347 e. The minimum atomic E-state index is -0.237. The Morgan fingerprint density at radius 1 is 1.18 bits per heavy atom. The number of nitrogens with zero attached hydrogens (tertiary/aromatic N) is 7. The molecule has 0 fully saturated rings. The lowest BCUT2D eigenvalue weighted by Crippen LogP contribution is -2.37. The number of nitriles is 2. The zero-order valence-electron chi connectivity index (χ0n) is 20.2. The molecule has 168 valence electrons. The average molecular weight is 448 g/mol. The van der Waals surface area contributed by atoms with Gasteiger partial charge in [-0.25, -0.2) is 10.1 Å². The summed E-state index contributed by atoms with van der Waals surface area (Å²) in [7, 11) is 2.04. The molecule has 1 aliphatic rings. The number of hydrogen-bond acceptors (Lipinski definition) is 5. The van der Waals surface area contributed by atoms with Crippen molar-refractivity contribution < 1.29 is 0 Å². The van der Waals surface area contributed by atoms with Crippen molar-refractivity contribution in [2.75, 3.05) is 11.9 Å². The van der Waals surface area contributed by atoms with Gasteiger partial charge in [0.05, 0.1) is 18.0 Å². The fourth-order valence-electron chi connectivity index (χ4n) is 4.82. The maximum Gasteiger partial charge on any atom is 0.285 e. The predicted molar refractivity (Wildman–Crippen MR) is 132 cm³/mol. The van der Waals surface area contributed by atoms with Crippen LogP contribution in [0.4, 0.5) is 5.69 Å². The molecule has 0 amide bonds. The summed E-state index contributed by atoms with van der Waals surface area (Å²) in [5.74, 6) is 0.584. The van der Waals surface area contributed by atoms with E-state index in [1.165, 1.54) is 5.56 Å². The van der Waals surface area contributed by atoms with Crippen LogP contribution in [-0.2, 0) is 5.41 Å². The summed E-state index contributed by atoms with van der Waals surface area (Å²) in [4.78, 5) is 5.67. The van der Waals surface area contributed by atoms with E-state index in [0.717, 1.165) is 11.4 Å². The third-order valence-corrected chi connectivity index (χ3v) is 6.59. The van der Waals surface area contributed by atoms with E-state index in [4.69, 9.17) is 6.57 Å². The lowest BCUT2D eigenvalue weighted by Gasteiger charge is -2.23. The summed E-state index contributed by atoms with van der Waals surface area (Å²) in [6.45, 7) is 17.8. The molecule has 7 heteroatoms. The zero-order valence-corrected chi connectivity index (χ0v) is 20.2. The van der Waals surface area contributed by atoms with E-state index in [9.17, 15) is 10.5 Å². The van der Waals surface area contributed by atoms with Crippen LogP contribution in [0.5, 0.6) is 0 Å². The van der Waals surface area contributed by atoms with Crippen LogP contribution in [0.25, 0.3) is 22.3 Å². The summed E-state index contributed by atoms with van der Waals surface area (Å²) in [6, 6.07) is 12.6. The van der Waals surface area contributed by atoms with Crippen LogP contribution in [-0.4, -0.2) is 21.6 Å². The molecule has 0 bridgehead atoms. The van der Waals surface area contributed by atoms with Gasteiger partial charge in [0.2, 0.25) is 0 Å². The van der Waals surface area contributed by atoms with Crippen LogP contribution in [0, 0.1) is 36.2 Å². The Labute approximate surface area is 199 Å². The third kappa shape index (κ3) is 3.16. The fraction of sp³-hybridized carbons (Fsp3) is 0.296. The van der Waals surface area contributed by atoms with Crippen molar-refractivity contribution in [2.45, 2.75) is 46.0 Å². The summed E-state index contributed by atoms with van der Waals surface area (Å²) < 4.78 is 1.70. The first-order valence-corrected chi connectivity index (χ1v) is 11.0. The van der Waals surface area contributed by atoms with E-state index in [0.29, 0.717) is 33.2 Å². The summed E-state index contributed by atoms with van der Waals surface area (Å²) in [6.07, 6.45) is 3.94. The Morgan fingerprint density at radius 2 is 1.88 bits per heavy atom. The highest BCUT2D eigenvalue weighted by Crippen LogP contribution is 2.46. The summed E-state index contributed by atoms with van der Waals surface area (Å²) in [5, 5.41) is 29.4. The molecule has 3 heterocycles. The van der Waals surface area contributed by atoms with Crippen molar-refractivity contribution in [3.05, 3.63) is 80.5 Å². The minimum absolute atomic E-state index is 0.0192. The van der Waals surface area contributed by atoms with E-state index in [2.05, 4.69) is 52.0 Å². The number of benzene rings is 1. The Bertz CT molecular complexity index is 1600. The number of likely N-dealkylation sites (N-methyl/N-ethyl adjacent to an activating group) is 1. The number of rotatable bonds is 2. The number of para-hydroxylation sites is 1. The van der Waals surface area contributed by atoms with Gasteiger partial charge in [0.25, 0.3) is 5.70 Å². The van der Waals surface area contributed by atoms with E-state index in [1.807, 2.05) is 58.2 Å². The first-order chi connectivity index (χ1) is 16.2. The minimum Gasteiger partial charge on any atom is -0.347 e. The molecule has 1 aliphatic heterocycles. The van der Waals surface area contributed by atoms with Gasteiger partial charge in [-0.05, 0) is 35.4 Å². The van der Waals surface area contributed by atoms with Crippen LogP contribution >= 0.6 is 0 Å². The third-order valence-electron chi connectivity index (χ3n) is 6.59. The van der Waals surface area contributed by atoms with Gasteiger partial charge in [-0.15, -0.1) is 10.2 Å². The highest BCUT2D eigenvalue weighted by atomic mass is 15.3. The Hall–Kier alpha value is -4.41. The Kier molecular flexibility index (Phi) is 5.48. The second-order valence-electron chi connectivity index (χ2n) is 9.24. The van der Waals surface area contributed by atoms with E-state index in [1.54, 1.807) is 4.40 Å². The maximum absolute atomic E-state index is 9.95. The number of anilines is 1. The van der Waals surface area contributed by atoms with Crippen molar-refractivity contribution >= 4 is 23.1 Å². The smallest absolute Gasteiger partial charge is 0.285 e. The van der Waals surface area contributed by atoms with Crippen molar-refractivity contribution in [1.29, 1.82) is 10.5 Å². The Balaban J connectivity index is 2.18. The van der Waals surface area contributed by atoms with Crippen LogP contribution < -0.4 is 15.5 Å². The van der Waals surface area contributed by atoms with Gasteiger partial charge in [-0.1, -0.05) is 52.0 Å². The second-order valence-corrected chi connectivity index (χ2v) is 9.24. The molecule has 7 nitrogen and oxygen atoms in total. The number of pyridine rings is 1. The predicted octanol–water partition coefficient (Wildman–Crippen LogP) is 3.68. The molecular weight excluding hydrogens is 422 g/mol. The average Bonchev–Trinajstić information content (AvgIpc) is 3.32. The normalized spacial score (nSPS) is 17.0. The Morgan fingerprint density at radius 3 is 2.47 bits per heavy atom. The second kappa shape index (κ2) is 8.18. The molecule has 3 aromatic rings. The zero-order chi connectivity index (χ0) is 24.8. The van der Waals surface area contributed by atoms with Crippen molar-refractivity contribution in [3.8, 4) is 12.1 Å². The highest BCUT2D eigenvalue weighted by molar-refractivity contribution is 5.73. The standard InChI is InChI=1S/C27H25N7/c1-16(2)25-31-32-26-19(14-28)17(3)18(24(34(25)26)21(15-29)30-6)12-13-23-27(4,5)20-10-8-9-11-22(20)33(23)7/h8-13,16H,1-5,7H3/b18-12-,23-13+,24-21-. The highest BCUT2D eigenvalue weighted by Gasteiger charge is 2.37. The molecule has 1 aromatic carbocycles. The monoisotopic (exact) mass is 447 g/mol. The van der Waals surface area contributed by atoms with Gasteiger partial charge in [-0.2, -0.15) is 5.26 Å². The molecule has 0 unspecified atom stereocenters. The van der Waals surface area contributed by atoms with Crippen molar-refractivity contribution in [3.63, 3.8) is 0 Å². The van der Waals surface area contributed by atoms with E-state index >= 15 is 0 Å². The van der Waals surface area contributed by atoms with Crippen LogP contribution in [0.2, 0.25) is 0 Å². The quantitative estimate of drug-likeness (QED) is 0.560. The van der Waals surface area contributed by atoms with Gasteiger partial charge in [0, 0.05) is 29.8 Å². The van der Waals surface area contributed by atoms with Gasteiger partial charge < -0.3 is 4.90 Å². The van der Waals surface area contributed by atoms with E-state index < -0.39 is 0 Å². The van der Waals surface area contributed by atoms with E-state index in [-0.39, 0.29) is 17.0 Å². The molecule has 0 spiro atoms. The van der Waals surface area contributed by atoms with Gasteiger partial charge in [0.15, 0.2) is 5.65 Å². The molecule has 34 heavy (non-hydrogen) atoms. The van der Waals surface area contributed by atoms with Gasteiger partial charge >= 0.3 is 0 Å². The van der Waals surface area contributed by atoms with Crippen molar-refractivity contribution in [1.82, 2.24) is 14.6 Å². The lowest BCUT2D eigenvalue weighted by molar-refractivity contribution is 0.641. The molecule has 0 saturated carbocycles. The van der Waals surface area contributed by atoms with Crippen molar-refractivity contribution in [2.24, 2.45) is 0 Å². The number of fused-ring (bicyclic) bond motifs is 2. The van der Waals surface area contributed by atoms with Crippen LogP contribution in [0.15, 0.2) is 36.0 Å². The molecule has 0 N–H and O–H groups in total. The first kappa shape index (κ1) is 22.8. The first-order valence-electron chi connectivity index (χ1n) is 11.0. The molecule has 2 aromatic heterocycles. The molecule has 0 atom stereocenters. The molecule has 4 rings (SSSR count). The van der Waals surface area contributed by atoms with Gasteiger partial charge in [-0.3, -0.25) is 4.40 Å². The molecule has 0 aliphatic carbocycles. The summed E-state index contributed by atoms with van der Waals surface area (Å²) >= 11 is 0. The molecule has 0 saturated heterocycles. The molecule has 0 radical (unpaired) electrons. The fourth-order valence-corrected chi connectivity index (χ4v) is 4.82. The number of aromatic nitrogens is 3. The number of allylic oxidation sites excluding steroid dienone is 2. The SMILES string of the molecule is [C-]#[N+]/C(C#N)=c1/c(=C\C=C2\N(C)c3ccccc3C2(C)C)c(C)c(C#N)c2nnc(C(C)C)n12. The number of hydrogen-bond donors (Lipinski definition) is 0. The lowest BCUT2D eigenvalue weighted by atomic mass is 9.83. The van der Waals surface area contributed by atoms with Crippen LogP contribution in [0.3, 0.4) is 0 Å². The topological polar surface area (TPSA) is 85.4 Å². The summed E-state index contributed by atoms with van der Waals surface area (Å²) in [5.41, 5.74) is 4.56. The van der Waals surface area contributed by atoms with Gasteiger partial charge in [0.1, 0.15) is 17.5 Å². The van der Waals surface area contributed by atoms with Crippen LogP contribution in [0.1, 0.15) is 56.1 Å². The molecular formula is C27H25N7.